The first-order chi connectivity index (χ1) is 6.68. The van der Waals surface area contributed by atoms with Crippen molar-refractivity contribution < 1.29 is 13.5 Å². The van der Waals surface area contributed by atoms with Gasteiger partial charge in [0.15, 0.2) is 0 Å². The van der Waals surface area contributed by atoms with Gasteiger partial charge in [-0.2, -0.15) is 13.1 Å². The quantitative estimate of drug-likeness (QED) is 0.594. The van der Waals surface area contributed by atoms with Gasteiger partial charge in [-0.25, -0.2) is 4.72 Å². The Kier molecular flexibility index (Phi) is 5.72. The Morgan fingerprint density at radius 3 is 2.27 bits per heavy atom. The molecule has 6 heteroatoms. The Labute approximate surface area is 92.4 Å². The maximum absolute atomic E-state index is 11.4. The van der Waals surface area contributed by atoms with Gasteiger partial charge in [0.2, 0.25) is 0 Å². The van der Waals surface area contributed by atoms with E-state index in [4.69, 9.17) is 5.11 Å². The molecule has 3 N–H and O–H groups in total. The number of hydrogen-bond acceptors (Lipinski definition) is 3. The van der Waals surface area contributed by atoms with Crippen LogP contribution in [0.5, 0.6) is 0 Å². The lowest BCUT2D eigenvalue weighted by Gasteiger charge is -2.24. The van der Waals surface area contributed by atoms with Crippen LogP contribution in [0.25, 0.3) is 0 Å². The van der Waals surface area contributed by atoms with E-state index < -0.39 is 10.2 Å². The van der Waals surface area contributed by atoms with Gasteiger partial charge in [-0.15, -0.1) is 0 Å². The lowest BCUT2D eigenvalue weighted by Crippen LogP contribution is -2.44. The topological polar surface area (TPSA) is 78.4 Å². The summed E-state index contributed by atoms with van der Waals surface area (Å²) in [5.74, 6) is 0. The van der Waals surface area contributed by atoms with Gasteiger partial charge in [0.1, 0.15) is 0 Å². The molecule has 0 aromatic carbocycles. The lowest BCUT2D eigenvalue weighted by molar-refractivity contribution is 0.213. The molecule has 0 heterocycles. The minimum atomic E-state index is -3.41. The van der Waals surface area contributed by atoms with Crippen molar-refractivity contribution in [3.05, 3.63) is 0 Å². The largest absolute Gasteiger partial charge is 0.396 e. The number of aliphatic hydroxyl groups excluding tert-OH is 1. The third kappa shape index (κ3) is 7.72. The maximum Gasteiger partial charge on any atom is 0.277 e. The summed E-state index contributed by atoms with van der Waals surface area (Å²) < 4.78 is 27.7. The molecule has 0 amide bonds. The lowest BCUT2D eigenvalue weighted by atomic mass is 9.90. The van der Waals surface area contributed by atoms with Crippen LogP contribution in [-0.2, 0) is 10.2 Å². The van der Waals surface area contributed by atoms with Crippen LogP contribution >= 0.6 is 0 Å². The highest BCUT2D eigenvalue weighted by Crippen LogP contribution is 2.18. The van der Waals surface area contributed by atoms with Crippen molar-refractivity contribution >= 4 is 10.2 Å². The summed E-state index contributed by atoms with van der Waals surface area (Å²) in [4.78, 5) is 0. The fourth-order valence-corrected chi connectivity index (χ4v) is 2.32. The first kappa shape index (κ1) is 14.8. The van der Waals surface area contributed by atoms with E-state index in [9.17, 15) is 8.42 Å². The third-order valence-corrected chi connectivity index (χ3v) is 3.23. The molecule has 92 valence electrons. The van der Waals surface area contributed by atoms with Crippen molar-refractivity contribution in [1.82, 2.24) is 9.44 Å². The highest BCUT2D eigenvalue weighted by Gasteiger charge is 2.20. The van der Waals surface area contributed by atoms with Crippen molar-refractivity contribution in [1.29, 1.82) is 0 Å². The Morgan fingerprint density at radius 2 is 1.87 bits per heavy atom. The summed E-state index contributed by atoms with van der Waals surface area (Å²) in [6.45, 7) is 7.71. The number of aliphatic hydroxyl groups is 1. The molecule has 0 aromatic rings. The number of rotatable bonds is 7. The first-order valence-corrected chi connectivity index (χ1v) is 6.55. The van der Waals surface area contributed by atoms with Gasteiger partial charge in [0.05, 0.1) is 0 Å². The monoisotopic (exact) mass is 238 g/mol. The molecule has 5 nitrogen and oxygen atoms in total. The van der Waals surface area contributed by atoms with Gasteiger partial charge in [-0.1, -0.05) is 13.8 Å². The number of nitrogens with one attached hydrogen (secondary N) is 2. The summed E-state index contributed by atoms with van der Waals surface area (Å²) in [7, 11) is -3.41. The van der Waals surface area contributed by atoms with Crippen LogP contribution in [0.2, 0.25) is 0 Å². The van der Waals surface area contributed by atoms with E-state index in [0.29, 0.717) is 13.0 Å². The van der Waals surface area contributed by atoms with Crippen LogP contribution in [0, 0.1) is 5.41 Å². The Hall–Kier alpha value is -0.170. The summed E-state index contributed by atoms with van der Waals surface area (Å²) >= 11 is 0. The molecule has 0 radical (unpaired) electrons. The van der Waals surface area contributed by atoms with Crippen LogP contribution < -0.4 is 9.44 Å². The normalized spacial score (nSPS) is 13.5. The Morgan fingerprint density at radius 1 is 1.33 bits per heavy atom. The molecule has 0 bridgehead atoms. The van der Waals surface area contributed by atoms with Gasteiger partial charge in [0.25, 0.3) is 10.2 Å². The van der Waals surface area contributed by atoms with E-state index in [1.165, 1.54) is 0 Å². The van der Waals surface area contributed by atoms with Crippen LogP contribution in [0.4, 0.5) is 0 Å². The zero-order chi connectivity index (χ0) is 12.1. The zero-order valence-electron chi connectivity index (χ0n) is 9.87. The summed E-state index contributed by atoms with van der Waals surface area (Å²) in [5.41, 5.74) is -0.236. The van der Waals surface area contributed by atoms with Gasteiger partial charge < -0.3 is 5.11 Å². The van der Waals surface area contributed by atoms with E-state index >= 15 is 0 Å². The van der Waals surface area contributed by atoms with E-state index in [1.807, 2.05) is 13.8 Å². The van der Waals surface area contributed by atoms with Gasteiger partial charge in [0, 0.05) is 19.2 Å². The minimum absolute atomic E-state index is 0.0618. The second-order valence-corrected chi connectivity index (χ2v) is 6.27. The number of hydrogen-bond donors (Lipinski definition) is 3. The van der Waals surface area contributed by atoms with Crippen LogP contribution in [-0.4, -0.2) is 32.7 Å². The van der Waals surface area contributed by atoms with Crippen molar-refractivity contribution in [2.75, 3.05) is 13.2 Å². The molecule has 0 atom stereocenters. The molecule has 0 aromatic heterocycles. The third-order valence-electron chi connectivity index (χ3n) is 1.92. The highest BCUT2D eigenvalue weighted by atomic mass is 32.2. The van der Waals surface area contributed by atoms with Crippen molar-refractivity contribution in [2.45, 2.75) is 40.2 Å². The maximum atomic E-state index is 11.4. The standard InChI is InChI=1S/C9H22N2O3S/c1-8(2)11-15(13,14)10-7-9(3,4)5-6-12/h8,10-12H,5-7H2,1-4H3. The zero-order valence-corrected chi connectivity index (χ0v) is 10.7. The van der Waals surface area contributed by atoms with Gasteiger partial charge >= 0.3 is 0 Å². The van der Waals surface area contributed by atoms with Crippen LogP contribution in [0.15, 0.2) is 0 Å². The first-order valence-electron chi connectivity index (χ1n) is 5.06. The molecule has 0 fully saturated rings. The SMILES string of the molecule is CC(C)NS(=O)(=O)NCC(C)(C)CCO. The van der Waals surface area contributed by atoms with Crippen molar-refractivity contribution in [3.8, 4) is 0 Å². The van der Waals surface area contributed by atoms with E-state index in [0.717, 1.165) is 0 Å². The summed E-state index contributed by atoms with van der Waals surface area (Å²) in [5, 5.41) is 8.78. The summed E-state index contributed by atoms with van der Waals surface area (Å²) in [6.07, 6.45) is 0.567. The molecule has 0 saturated carbocycles. The summed E-state index contributed by atoms with van der Waals surface area (Å²) in [6, 6.07) is -0.122. The fourth-order valence-electron chi connectivity index (χ4n) is 1.03. The van der Waals surface area contributed by atoms with Crippen molar-refractivity contribution in [3.63, 3.8) is 0 Å². The molecule has 0 saturated heterocycles. The second-order valence-electron chi connectivity index (χ2n) is 4.73. The van der Waals surface area contributed by atoms with Crippen LogP contribution in [0.1, 0.15) is 34.1 Å². The molecular weight excluding hydrogens is 216 g/mol. The predicted octanol–water partition coefficient (Wildman–Crippen LogP) is 0.227. The van der Waals surface area contributed by atoms with Crippen molar-refractivity contribution in [2.24, 2.45) is 5.41 Å². The molecule has 0 spiro atoms. The molecule has 0 unspecified atom stereocenters. The highest BCUT2D eigenvalue weighted by molar-refractivity contribution is 7.87. The second kappa shape index (κ2) is 5.79. The molecule has 0 aliphatic carbocycles. The molecule has 15 heavy (non-hydrogen) atoms. The molecule has 0 aliphatic heterocycles. The predicted molar refractivity (Wildman–Crippen MR) is 60.7 cm³/mol. The minimum Gasteiger partial charge on any atom is -0.396 e. The fraction of sp³-hybridized carbons (Fsp3) is 1.00. The van der Waals surface area contributed by atoms with E-state index in [-0.39, 0.29) is 18.1 Å². The molecular formula is C9H22N2O3S. The Bertz CT molecular complexity index is 273. The molecule has 0 rings (SSSR count). The van der Waals surface area contributed by atoms with Gasteiger partial charge in [-0.05, 0) is 25.7 Å². The van der Waals surface area contributed by atoms with E-state index in [1.54, 1.807) is 13.8 Å². The average molecular weight is 238 g/mol. The average Bonchev–Trinajstić information content (AvgIpc) is 1.99. The Balaban J connectivity index is 4.14. The van der Waals surface area contributed by atoms with Gasteiger partial charge in [-0.3, -0.25) is 0 Å². The molecule has 0 aliphatic rings. The smallest absolute Gasteiger partial charge is 0.277 e. The van der Waals surface area contributed by atoms with E-state index in [2.05, 4.69) is 9.44 Å². The van der Waals surface area contributed by atoms with Crippen LogP contribution in [0.3, 0.4) is 0 Å².